The molecule has 2 aromatic rings. The van der Waals surface area contributed by atoms with Crippen LogP contribution in [0.3, 0.4) is 0 Å². The Labute approximate surface area is 176 Å². The van der Waals surface area contributed by atoms with Gasteiger partial charge in [-0.3, -0.25) is 0 Å². The molecule has 0 aliphatic carbocycles. The smallest absolute Gasteiger partial charge is 0.410 e. The first kappa shape index (κ1) is 20.4. The highest BCUT2D eigenvalue weighted by molar-refractivity contribution is 7.89. The number of hydrogen-bond acceptors (Lipinski definition) is 5. The first-order chi connectivity index (χ1) is 14.4. The molecule has 8 heteroatoms. The molecule has 7 nitrogen and oxygen atoms in total. The first-order valence-corrected chi connectivity index (χ1v) is 11.5. The number of hydrazone groups is 1. The molecule has 4 rings (SSSR count). The fourth-order valence-electron chi connectivity index (χ4n) is 4.07. The maximum atomic E-state index is 12.6. The highest BCUT2D eigenvalue weighted by Gasteiger charge is 2.43. The van der Waals surface area contributed by atoms with Crippen LogP contribution in [0, 0.1) is 6.92 Å². The van der Waals surface area contributed by atoms with Crippen LogP contribution in [-0.4, -0.2) is 37.2 Å². The number of rotatable bonds is 5. The van der Waals surface area contributed by atoms with Crippen molar-refractivity contribution in [2.45, 2.75) is 56.2 Å². The normalized spacial score (nSPS) is 20.7. The average Bonchev–Trinajstić information content (AvgIpc) is 3.02. The predicted octanol–water partition coefficient (Wildman–Crippen LogP) is 3.59. The van der Waals surface area contributed by atoms with E-state index in [1.807, 2.05) is 37.3 Å². The minimum atomic E-state index is -3.70. The molecule has 2 heterocycles. The van der Waals surface area contributed by atoms with E-state index in [9.17, 15) is 13.2 Å². The maximum absolute atomic E-state index is 12.6. The van der Waals surface area contributed by atoms with Gasteiger partial charge in [-0.2, -0.15) is 13.5 Å². The van der Waals surface area contributed by atoms with Gasteiger partial charge in [-0.25, -0.2) is 9.63 Å². The Balaban J connectivity index is 1.37. The minimum Gasteiger partial charge on any atom is -0.445 e. The Morgan fingerprint density at radius 1 is 1.07 bits per heavy atom. The summed E-state index contributed by atoms with van der Waals surface area (Å²) in [6.45, 7) is 2.14. The van der Waals surface area contributed by atoms with Crippen molar-refractivity contribution in [1.29, 1.82) is 0 Å². The van der Waals surface area contributed by atoms with Crippen LogP contribution < -0.4 is 4.83 Å². The van der Waals surface area contributed by atoms with Crippen LogP contribution in [0.2, 0.25) is 0 Å². The molecule has 1 amide bonds. The van der Waals surface area contributed by atoms with Gasteiger partial charge in [-0.05, 0) is 37.5 Å². The van der Waals surface area contributed by atoms with Crippen LogP contribution in [0.4, 0.5) is 4.79 Å². The second-order valence-corrected chi connectivity index (χ2v) is 9.49. The zero-order valence-electron chi connectivity index (χ0n) is 16.8. The van der Waals surface area contributed by atoms with Gasteiger partial charge in [0.1, 0.15) is 6.61 Å². The average molecular weight is 428 g/mol. The Bertz CT molecular complexity index is 1020. The molecule has 2 fully saturated rings. The van der Waals surface area contributed by atoms with E-state index in [1.54, 1.807) is 29.2 Å². The number of carbonyl (C=O) groups is 1. The lowest BCUT2D eigenvalue weighted by molar-refractivity contribution is 0.0765. The number of amides is 1. The fraction of sp³-hybridized carbons (Fsp3) is 0.364. The van der Waals surface area contributed by atoms with Crippen molar-refractivity contribution in [2.75, 3.05) is 0 Å². The summed E-state index contributed by atoms with van der Waals surface area (Å²) >= 11 is 0. The zero-order valence-corrected chi connectivity index (χ0v) is 17.6. The van der Waals surface area contributed by atoms with Crippen LogP contribution >= 0.6 is 0 Å². The van der Waals surface area contributed by atoms with E-state index >= 15 is 0 Å². The Morgan fingerprint density at radius 3 is 2.33 bits per heavy atom. The molecule has 2 atom stereocenters. The molecular weight excluding hydrogens is 402 g/mol. The molecule has 2 unspecified atom stereocenters. The quantitative estimate of drug-likeness (QED) is 0.739. The number of sulfonamides is 1. The molecule has 2 aliphatic heterocycles. The van der Waals surface area contributed by atoms with Crippen molar-refractivity contribution in [3.8, 4) is 0 Å². The third kappa shape index (κ3) is 4.48. The largest absolute Gasteiger partial charge is 0.445 e. The summed E-state index contributed by atoms with van der Waals surface area (Å²) < 4.78 is 30.4. The van der Waals surface area contributed by atoms with Gasteiger partial charge >= 0.3 is 6.09 Å². The summed E-state index contributed by atoms with van der Waals surface area (Å²) in [7, 11) is -3.70. The van der Waals surface area contributed by atoms with E-state index in [2.05, 4.69) is 9.93 Å². The molecule has 30 heavy (non-hydrogen) atoms. The number of piperidine rings is 1. The summed E-state index contributed by atoms with van der Waals surface area (Å²) in [5.41, 5.74) is 2.71. The monoisotopic (exact) mass is 427 g/mol. The Hall–Kier alpha value is -2.87. The van der Waals surface area contributed by atoms with E-state index in [0.29, 0.717) is 12.8 Å². The standard InChI is InChI=1S/C22H25N3O4S/c1-16-7-11-21(12-8-16)30(27,28)24-23-18-13-19-9-10-20(14-18)25(19)22(26)29-15-17-5-3-2-4-6-17/h2-8,11-12,19-20,24H,9-10,13-15H2,1H3. The maximum Gasteiger partial charge on any atom is 0.410 e. The topological polar surface area (TPSA) is 88.1 Å². The highest BCUT2D eigenvalue weighted by atomic mass is 32.2. The summed E-state index contributed by atoms with van der Waals surface area (Å²) in [5, 5.41) is 4.18. The van der Waals surface area contributed by atoms with Crippen LogP contribution in [0.5, 0.6) is 0 Å². The molecule has 2 saturated heterocycles. The number of benzene rings is 2. The van der Waals surface area contributed by atoms with Crippen LogP contribution in [0.1, 0.15) is 36.8 Å². The van der Waals surface area contributed by atoms with Gasteiger partial charge in [0.05, 0.1) is 4.90 Å². The van der Waals surface area contributed by atoms with Crippen LogP contribution in [0.15, 0.2) is 64.6 Å². The number of aryl methyl sites for hydroxylation is 1. The molecule has 1 N–H and O–H groups in total. The fourth-order valence-corrected chi connectivity index (χ4v) is 4.92. The van der Waals surface area contributed by atoms with Gasteiger partial charge in [-0.15, -0.1) is 0 Å². The number of ether oxygens (including phenoxy) is 1. The number of fused-ring (bicyclic) bond motifs is 2. The number of hydrogen-bond donors (Lipinski definition) is 1. The molecule has 0 spiro atoms. The second-order valence-electron chi connectivity index (χ2n) is 7.83. The lowest BCUT2D eigenvalue weighted by Crippen LogP contribution is -2.47. The third-order valence-corrected chi connectivity index (χ3v) is 6.86. The molecule has 2 aliphatic rings. The molecular formula is C22H25N3O4S. The summed E-state index contributed by atoms with van der Waals surface area (Å²) in [4.78, 5) is 17.0. The van der Waals surface area contributed by atoms with E-state index in [4.69, 9.17) is 4.74 Å². The van der Waals surface area contributed by atoms with Gasteiger partial charge in [0, 0.05) is 30.6 Å². The summed E-state index contributed by atoms with van der Waals surface area (Å²) in [6, 6.07) is 16.2. The zero-order chi connectivity index (χ0) is 21.1. The number of nitrogens with zero attached hydrogens (tertiary/aromatic N) is 2. The Kier molecular flexibility index (Phi) is 5.76. The molecule has 0 radical (unpaired) electrons. The van der Waals surface area contributed by atoms with Gasteiger partial charge in [-0.1, -0.05) is 48.0 Å². The van der Waals surface area contributed by atoms with E-state index < -0.39 is 10.0 Å². The van der Waals surface area contributed by atoms with Gasteiger partial charge in [0.2, 0.25) is 0 Å². The molecule has 158 valence electrons. The first-order valence-electron chi connectivity index (χ1n) is 10.1. The van der Waals surface area contributed by atoms with E-state index in [1.165, 1.54) is 0 Å². The molecule has 0 saturated carbocycles. The lowest BCUT2D eigenvalue weighted by atomic mass is 10.0. The second kappa shape index (κ2) is 8.47. The van der Waals surface area contributed by atoms with Gasteiger partial charge in [0.15, 0.2) is 0 Å². The van der Waals surface area contributed by atoms with E-state index in [-0.39, 0.29) is 29.7 Å². The third-order valence-electron chi connectivity index (χ3n) is 5.63. The van der Waals surface area contributed by atoms with Crippen molar-refractivity contribution in [2.24, 2.45) is 5.10 Å². The molecule has 2 bridgehead atoms. The van der Waals surface area contributed by atoms with Crippen molar-refractivity contribution >= 4 is 21.8 Å². The number of carbonyl (C=O) groups excluding carboxylic acids is 1. The van der Waals surface area contributed by atoms with Crippen LogP contribution in [-0.2, 0) is 21.4 Å². The minimum absolute atomic E-state index is 0.00495. The van der Waals surface area contributed by atoms with Crippen molar-refractivity contribution < 1.29 is 17.9 Å². The Morgan fingerprint density at radius 2 is 1.70 bits per heavy atom. The van der Waals surface area contributed by atoms with E-state index in [0.717, 1.165) is 29.7 Å². The van der Waals surface area contributed by atoms with Gasteiger partial charge < -0.3 is 9.64 Å². The molecule has 2 aromatic carbocycles. The van der Waals surface area contributed by atoms with Crippen molar-refractivity contribution in [3.63, 3.8) is 0 Å². The number of nitrogens with one attached hydrogen (secondary N) is 1. The van der Waals surface area contributed by atoms with Gasteiger partial charge in [0.25, 0.3) is 10.0 Å². The van der Waals surface area contributed by atoms with Crippen molar-refractivity contribution in [3.05, 3.63) is 65.7 Å². The van der Waals surface area contributed by atoms with Crippen LogP contribution in [0.25, 0.3) is 0 Å². The summed E-state index contributed by atoms with van der Waals surface area (Å²) in [5.74, 6) is 0. The highest BCUT2D eigenvalue weighted by Crippen LogP contribution is 2.35. The van der Waals surface area contributed by atoms with Crippen molar-refractivity contribution in [1.82, 2.24) is 9.73 Å². The lowest BCUT2D eigenvalue weighted by Gasteiger charge is -2.34. The SMILES string of the molecule is Cc1ccc(S(=O)(=O)NN=C2CC3CCC(C2)N3C(=O)OCc2ccccc2)cc1. The summed E-state index contributed by atoms with van der Waals surface area (Å²) in [6.07, 6.45) is 2.52. The predicted molar refractivity (Wildman–Crippen MR) is 113 cm³/mol. The molecule has 0 aromatic heterocycles.